The van der Waals surface area contributed by atoms with E-state index in [1.165, 1.54) is 25.4 Å². The van der Waals surface area contributed by atoms with Crippen molar-refractivity contribution in [2.45, 2.75) is 12.3 Å². The van der Waals surface area contributed by atoms with E-state index in [1.807, 2.05) is 0 Å². The number of hydrogen-bond acceptors (Lipinski definition) is 4. The smallest absolute Gasteiger partial charge is 0.382 e. The molecule has 3 N–H and O–H groups in total. The van der Waals surface area contributed by atoms with E-state index in [2.05, 4.69) is 15.6 Å². The van der Waals surface area contributed by atoms with Crippen molar-refractivity contribution in [3.8, 4) is 0 Å². The van der Waals surface area contributed by atoms with Crippen LogP contribution in [0.4, 0.5) is 18.9 Å². The summed E-state index contributed by atoms with van der Waals surface area (Å²) in [6, 6.07) is 2.69. The number of carbonyl (C=O) groups is 1. The van der Waals surface area contributed by atoms with Crippen LogP contribution >= 0.6 is 0 Å². The highest BCUT2D eigenvalue weighted by Crippen LogP contribution is 2.20. The molecule has 0 aromatic carbocycles. The Labute approximate surface area is 101 Å². The highest BCUT2D eigenvalue weighted by Gasteiger charge is 2.37. The molecule has 1 aromatic heterocycles. The van der Waals surface area contributed by atoms with Crippen molar-refractivity contribution in [3.63, 3.8) is 0 Å². The molecule has 1 atom stereocenters. The van der Waals surface area contributed by atoms with Gasteiger partial charge in [0.2, 0.25) is 0 Å². The molecular weight excluding hydrogens is 251 g/mol. The molecule has 1 amide bonds. The summed E-state index contributed by atoms with van der Waals surface area (Å²) < 4.78 is 36.1. The van der Waals surface area contributed by atoms with Gasteiger partial charge >= 0.3 is 6.18 Å². The summed E-state index contributed by atoms with van der Waals surface area (Å²) in [5.74, 6) is -0.449. The van der Waals surface area contributed by atoms with Gasteiger partial charge in [0.05, 0.1) is 0 Å². The van der Waals surface area contributed by atoms with E-state index in [0.717, 1.165) is 0 Å². The minimum absolute atomic E-state index is 0.0731. The minimum Gasteiger partial charge on any atom is -0.382 e. The van der Waals surface area contributed by atoms with E-state index in [4.69, 9.17) is 5.11 Å². The van der Waals surface area contributed by atoms with Crippen LogP contribution in [0.3, 0.4) is 0 Å². The first-order chi connectivity index (χ1) is 8.34. The second-order valence-corrected chi connectivity index (χ2v) is 3.45. The average molecular weight is 263 g/mol. The van der Waals surface area contributed by atoms with Gasteiger partial charge in [-0.05, 0) is 12.1 Å². The second-order valence-electron chi connectivity index (χ2n) is 3.45. The van der Waals surface area contributed by atoms with Crippen LogP contribution in [-0.2, 0) is 0 Å². The van der Waals surface area contributed by atoms with Gasteiger partial charge < -0.3 is 15.7 Å². The van der Waals surface area contributed by atoms with E-state index in [9.17, 15) is 18.0 Å². The summed E-state index contributed by atoms with van der Waals surface area (Å²) in [5, 5.41) is 13.5. The summed E-state index contributed by atoms with van der Waals surface area (Å²) in [6.45, 7) is -0.694. The third-order valence-electron chi connectivity index (χ3n) is 2.10. The van der Waals surface area contributed by atoms with E-state index >= 15 is 0 Å². The summed E-state index contributed by atoms with van der Waals surface area (Å²) in [6.07, 6.45) is -5.86. The third kappa shape index (κ3) is 3.88. The van der Waals surface area contributed by atoms with Gasteiger partial charge in [-0.1, -0.05) is 0 Å². The summed E-state index contributed by atoms with van der Waals surface area (Å²) >= 11 is 0. The topological polar surface area (TPSA) is 74.2 Å². The number of hydrogen-bond donors (Lipinski definition) is 3. The van der Waals surface area contributed by atoms with Crippen molar-refractivity contribution >= 4 is 11.6 Å². The predicted molar refractivity (Wildman–Crippen MR) is 58.2 cm³/mol. The lowest BCUT2D eigenvalue weighted by atomic mass is 10.3. The van der Waals surface area contributed by atoms with Crippen LogP contribution in [-0.4, -0.2) is 41.9 Å². The molecule has 0 saturated heterocycles. The Balaban J connectivity index is 2.66. The molecule has 0 spiro atoms. The maximum absolute atomic E-state index is 12.0. The Bertz CT molecular complexity index is 423. The van der Waals surface area contributed by atoms with Crippen LogP contribution < -0.4 is 10.6 Å². The number of pyridine rings is 1. The van der Waals surface area contributed by atoms with Crippen molar-refractivity contribution in [1.82, 2.24) is 10.3 Å². The minimum atomic E-state index is -4.68. The lowest BCUT2D eigenvalue weighted by Crippen LogP contribution is -2.35. The lowest BCUT2D eigenvalue weighted by molar-refractivity contribution is -0.198. The van der Waals surface area contributed by atoms with Crippen molar-refractivity contribution in [1.29, 1.82) is 0 Å². The number of aliphatic hydroxyl groups excluding tert-OH is 1. The van der Waals surface area contributed by atoms with Gasteiger partial charge in [0.1, 0.15) is 5.69 Å². The van der Waals surface area contributed by atoms with Gasteiger partial charge in [-0.2, -0.15) is 13.2 Å². The first-order valence-corrected chi connectivity index (χ1v) is 5.01. The van der Waals surface area contributed by atoms with Crippen molar-refractivity contribution in [2.75, 3.05) is 18.9 Å². The molecule has 1 heterocycles. The van der Waals surface area contributed by atoms with E-state index < -0.39 is 24.7 Å². The zero-order chi connectivity index (χ0) is 13.8. The van der Waals surface area contributed by atoms with Crippen molar-refractivity contribution < 1.29 is 23.1 Å². The molecule has 0 aliphatic rings. The fourth-order valence-corrected chi connectivity index (χ4v) is 1.12. The Kier molecular flexibility index (Phi) is 4.49. The van der Waals surface area contributed by atoms with Crippen LogP contribution in [0.15, 0.2) is 18.3 Å². The van der Waals surface area contributed by atoms with Crippen LogP contribution in [0.25, 0.3) is 0 Å². The van der Waals surface area contributed by atoms with Gasteiger partial charge in [-0.15, -0.1) is 0 Å². The van der Waals surface area contributed by atoms with Gasteiger partial charge in [0.15, 0.2) is 6.10 Å². The first-order valence-electron chi connectivity index (χ1n) is 5.01. The molecule has 0 aliphatic heterocycles. The quantitative estimate of drug-likeness (QED) is 0.750. The maximum Gasteiger partial charge on any atom is 0.416 e. The van der Waals surface area contributed by atoms with Crippen molar-refractivity contribution in [2.24, 2.45) is 0 Å². The van der Waals surface area contributed by atoms with E-state index in [0.29, 0.717) is 0 Å². The SMILES string of the molecule is CNC(=O)c1cc(NCC(O)C(F)(F)F)ccn1. The molecule has 18 heavy (non-hydrogen) atoms. The number of amides is 1. The predicted octanol–water partition coefficient (Wildman–Crippen LogP) is 0.776. The Hall–Kier alpha value is -1.83. The number of rotatable bonds is 4. The van der Waals surface area contributed by atoms with E-state index in [-0.39, 0.29) is 11.4 Å². The molecule has 5 nitrogen and oxygen atoms in total. The molecule has 0 radical (unpaired) electrons. The van der Waals surface area contributed by atoms with Gasteiger partial charge in [-0.25, -0.2) is 0 Å². The van der Waals surface area contributed by atoms with Crippen molar-refractivity contribution in [3.05, 3.63) is 24.0 Å². The van der Waals surface area contributed by atoms with Crippen LogP contribution in [0.5, 0.6) is 0 Å². The van der Waals surface area contributed by atoms with Crippen LogP contribution in [0, 0.1) is 0 Å². The monoisotopic (exact) mass is 263 g/mol. The number of alkyl halides is 3. The maximum atomic E-state index is 12.0. The Morgan fingerprint density at radius 2 is 2.22 bits per heavy atom. The summed E-state index contributed by atoms with van der Waals surface area (Å²) in [7, 11) is 1.41. The molecule has 1 unspecified atom stereocenters. The first kappa shape index (κ1) is 14.2. The standard InChI is InChI=1S/C10H12F3N3O2/c1-14-9(18)7-4-6(2-3-15-7)16-5-8(17)10(11,12)13/h2-4,8,17H,5H2,1H3,(H,14,18)(H,15,16). The number of nitrogens with zero attached hydrogens (tertiary/aromatic N) is 1. The number of aliphatic hydroxyl groups is 1. The molecule has 100 valence electrons. The zero-order valence-electron chi connectivity index (χ0n) is 9.45. The molecule has 1 aromatic rings. The Morgan fingerprint density at radius 1 is 1.56 bits per heavy atom. The lowest BCUT2D eigenvalue weighted by Gasteiger charge is -2.15. The Morgan fingerprint density at radius 3 is 2.78 bits per heavy atom. The molecular formula is C10H12F3N3O2. The van der Waals surface area contributed by atoms with E-state index in [1.54, 1.807) is 0 Å². The van der Waals surface area contributed by atoms with Crippen LogP contribution in [0.2, 0.25) is 0 Å². The normalized spacial score (nSPS) is 12.9. The number of aromatic nitrogens is 1. The molecule has 0 fully saturated rings. The zero-order valence-corrected chi connectivity index (χ0v) is 9.45. The van der Waals surface area contributed by atoms with Gasteiger partial charge in [0, 0.05) is 25.5 Å². The van der Waals surface area contributed by atoms with Gasteiger partial charge in [0.25, 0.3) is 5.91 Å². The molecule has 8 heteroatoms. The fraction of sp³-hybridized carbons (Fsp3) is 0.400. The number of halogens is 3. The summed E-state index contributed by atoms with van der Waals surface area (Å²) in [5.41, 5.74) is 0.343. The molecule has 0 bridgehead atoms. The third-order valence-corrected chi connectivity index (χ3v) is 2.10. The van der Waals surface area contributed by atoms with Gasteiger partial charge in [-0.3, -0.25) is 9.78 Å². The number of anilines is 1. The summed E-state index contributed by atoms with van der Waals surface area (Å²) in [4.78, 5) is 15.0. The van der Waals surface area contributed by atoms with Crippen LogP contribution in [0.1, 0.15) is 10.5 Å². The number of carbonyl (C=O) groups excluding carboxylic acids is 1. The molecule has 0 aliphatic carbocycles. The average Bonchev–Trinajstić information content (AvgIpc) is 2.34. The largest absolute Gasteiger partial charge is 0.416 e. The number of nitrogens with one attached hydrogen (secondary N) is 2. The molecule has 1 rings (SSSR count). The second kappa shape index (κ2) is 5.67. The molecule has 0 saturated carbocycles. The highest BCUT2D eigenvalue weighted by molar-refractivity contribution is 5.92. The fourth-order valence-electron chi connectivity index (χ4n) is 1.12. The highest BCUT2D eigenvalue weighted by atomic mass is 19.4.